The predicted octanol–water partition coefficient (Wildman–Crippen LogP) is 2.58. The van der Waals surface area contributed by atoms with Gasteiger partial charge >= 0.3 is 0 Å². The molecule has 92 valence electrons. The number of carbonyl (C=O) groups is 2. The molecule has 17 heavy (non-hydrogen) atoms. The highest BCUT2D eigenvalue weighted by molar-refractivity contribution is 5.95. The highest BCUT2D eigenvalue weighted by Crippen LogP contribution is 2.19. The van der Waals surface area contributed by atoms with Crippen molar-refractivity contribution in [2.75, 3.05) is 7.05 Å². The second-order valence-electron chi connectivity index (χ2n) is 4.22. The van der Waals surface area contributed by atoms with E-state index in [1.165, 1.54) is 4.90 Å². The van der Waals surface area contributed by atoms with E-state index in [4.69, 9.17) is 0 Å². The maximum absolute atomic E-state index is 11.8. The van der Waals surface area contributed by atoms with Crippen molar-refractivity contribution >= 4 is 11.8 Å². The molecule has 0 aliphatic carbocycles. The third-order valence-electron chi connectivity index (χ3n) is 2.90. The van der Waals surface area contributed by atoms with Gasteiger partial charge in [-0.25, -0.2) is 0 Å². The minimum Gasteiger partial charge on any atom is -0.286 e. The molecule has 1 rings (SSSR count). The van der Waals surface area contributed by atoms with Gasteiger partial charge in [0, 0.05) is 19.9 Å². The molecule has 0 heterocycles. The fourth-order valence-corrected chi connectivity index (χ4v) is 1.67. The molecule has 0 aliphatic rings. The molecule has 0 saturated carbocycles. The van der Waals surface area contributed by atoms with Crippen molar-refractivity contribution in [3.05, 3.63) is 35.9 Å². The van der Waals surface area contributed by atoms with Crippen LogP contribution in [0.25, 0.3) is 0 Å². The van der Waals surface area contributed by atoms with E-state index in [2.05, 4.69) is 0 Å². The molecule has 1 aromatic rings. The van der Waals surface area contributed by atoms with Gasteiger partial charge in [-0.3, -0.25) is 14.5 Å². The molecule has 0 N–H and O–H groups in total. The molecule has 1 aromatic carbocycles. The van der Waals surface area contributed by atoms with Crippen LogP contribution in [0, 0.1) is 0 Å². The van der Waals surface area contributed by atoms with E-state index in [9.17, 15) is 9.59 Å². The Morgan fingerprint density at radius 1 is 1.18 bits per heavy atom. The van der Waals surface area contributed by atoms with E-state index in [0.29, 0.717) is 12.8 Å². The molecule has 0 aliphatic heterocycles. The van der Waals surface area contributed by atoms with Crippen LogP contribution >= 0.6 is 0 Å². The molecule has 3 heteroatoms. The summed E-state index contributed by atoms with van der Waals surface area (Å²) in [5.74, 6) is -0.112. The van der Waals surface area contributed by atoms with Crippen molar-refractivity contribution in [2.45, 2.75) is 32.6 Å². The predicted molar refractivity (Wildman–Crippen MR) is 67.5 cm³/mol. The quantitative estimate of drug-likeness (QED) is 0.801. The van der Waals surface area contributed by atoms with Crippen molar-refractivity contribution in [1.29, 1.82) is 0 Å². The summed E-state index contributed by atoms with van der Waals surface area (Å²) in [5, 5.41) is 0. The van der Waals surface area contributed by atoms with Crippen molar-refractivity contribution in [3.63, 3.8) is 0 Å². The second-order valence-corrected chi connectivity index (χ2v) is 4.22. The Kier molecular flexibility index (Phi) is 4.88. The highest BCUT2D eigenvalue weighted by Gasteiger charge is 2.18. The van der Waals surface area contributed by atoms with Crippen LogP contribution in [-0.2, 0) is 9.59 Å². The smallest absolute Gasteiger partial charge is 0.229 e. The maximum Gasteiger partial charge on any atom is 0.229 e. The van der Waals surface area contributed by atoms with Crippen molar-refractivity contribution < 1.29 is 9.59 Å². The lowest BCUT2D eigenvalue weighted by molar-refractivity contribution is -0.143. The van der Waals surface area contributed by atoms with Gasteiger partial charge in [-0.1, -0.05) is 44.2 Å². The zero-order chi connectivity index (χ0) is 12.8. The van der Waals surface area contributed by atoms with E-state index in [1.54, 1.807) is 14.0 Å². The lowest BCUT2D eigenvalue weighted by Gasteiger charge is -2.17. The summed E-state index contributed by atoms with van der Waals surface area (Å²) in [4.78, 5) is 24.4. The number of nitrogens with zero attached hydrogens (tertiary/aromatic N) is 1. The molecular formula is C14H19NO2. The summed E-state index contributed by atoms with van der Waals surface area (Å²) in [6.45, 7) is 3.75. The molecule has 0 radical (unpaired) electrons. The SMILES string of the molecule is CCC(=O)N(C)C(=O)CC(C)c1ccccc1. The van der Waals surface area contributed by atoms with Gasteiger partial charge in [-0.15, -0.1) is 0 Å². The first-order chi connectivity index (χ1) is 8.06. The first-order valence-electron chi connectivity index (χ1n) is 5.90. The van der Waals surface area contributed by atoms with E-state index < -0.39 is 0 Å². The molecule has 0 fully saturated rings. The number of imide groups is 1. The van der Waals surface area contributed by atoms with Crippen LogP contribution in [0.2, 0.25) is 0 Å². The second kappa shape index (κ2) is 6.18. The molecule has 0 spiro atoms. The Hall–Kier alpha value is -1.64. The van der Waals surface area contributed by atoms with Gasteiger partial charge in [0.1, 0.15) is 0 Å². The summed E-state index contributed by atoms with van der Waals surface area (Å²) < 4.78 is 0. The van der Waals surface area contributed by atoms with E-state index in [-0.39, 0.29) is 17.7 Å². The first-order valence-corrected chi connectivity index (χ1v) is 5.90. The molecule has 1 atom stereocenters. The van der Waals surface area contributed by atoms with Gasteiger partial charge in [0.15, 0.2) is 0 Å². The first kappa shape index (κ1) is 13.4. The maximum atomic E-state index is 11.8. The Morgan fingerprint density at radius 3 is 2.29 bits per heavy atom. The van der Waals surface area contributed by atoms with Crippen LogP contribution in [-0.4, -0.2) is 23.8 Å². The van der Waals surface area contributed by atoms with Gasteiger partial charge in [-0.2, -0.15) is 0 Å². The molecule has 0 aromatic heterocycles. The Balaban J connectivity index is 2.60. The average Bonchev–Trinajstić information content (AvgIpc) is 2.37. The van der Waals surface area contributed by atoms with Crippen molar-refractivity contribution in [2.24, 2.45) is 0 Å². The zero-order valence-electron chi connectivity index (χ0n) is 10.6. The number of rotatable bonds is 4. The summed E-state index contributed by atoms with van der Waals surface area (Å²) >= 11 is 0. The van der Waals surface area contributed by atoms with Gasteiger partial charge in [0.05, 0.1) is 0 Å². The summed E-state index contributed by atoms with van der Waals surface area (Å²) in [6.07, 6.45) is 0.730. The Morgan fingerprint density at radius 2 is 1.76 bits per heavy atom. The Labute approximate surface area is 102 Å². The van der Waals surface area contributed by atoms with Gasteiger partial charge in [0.25, 0.3) is 0 Å². The van der Waals surface area contributed by atoms with Crippen molar-refractivity contribution in [1.82, 2.24) is 4.90 Å². The summed E-state index contributed by atoms with van der Waals surface area (Å²) in [5.41, 5.74) is 1.12. The average molecular weight is 233 g/mol. The highest BCUT2D eigenvalue weighted by atomic mass is 16.2. The fourth-order valence-electron chi connectivity index (χ4n) is 1.67. The topological polar surface area (TPSA) is 37.4 Å². The minimum absolute atomic E-state index is 0.117. The summed E-state index contributed by atoms with van der Waals surface area (Å²) in [6, 6.07) is 9.86. The van der Waals surface area contributed by atoms with Crippen molar-refractivity contribution in [3.8, 4) is 0 Å². The van der Waals surface area contributed by atoms with Crippen LogP contribution in [0.1, 0.15) is 38.2 Å². The van der Waals surface area contributed by atoms with Gasteiger partial charge < -0.3 is 0 Å². The molecule has 2 amide bonds. The van der Waals surface area contributed by atoms with E-state index in [0.717, 1.165) is 5.56 Å². The standard InChI is InChI=1S/C14H19NO2/c1-4-13(16)15(3)14(17)10-11(2)12-8-6-5-7-9-12/h5-9,11H,4,10H2,1-3H3. The number of hydrogen-bond donors (Lipinski definition) is 0. The number of benzene rings is 1. The number of hydrogen-bond acceptors (Lipinski definition) is 2. The molecule has 1 unspecified atom stereocenters. The zero-order valence-corrected chi connectivity index (χ0v) is 10.6. The van der Waals surface area contributed by atoms with Crippen LogP contribution in [0.4, 0.5) is 0 Å². The Bertz CT molecular complexity index is 386. The van der Waals surface area contributed by atoms with Crippen LogP contribution in [0.15, 0.2) is 30.3 Å². The van der Waals surface area contributed by atoms with E-state index in [1.807, 2.05) is 37.3 Å². The van der Waals surface area contributed by atoms with Crippen LogP contribution in [0.3, 0.4) is 0 Å². The number of amides is 2. The van der Waals surface area contributed by atoms with Gasteiger partial charge in [0.2, 0.25) is 11.8 Å². The number of carbonyl (C=O) groups excluding carboxylic acids is 2. The molecule has 3 nitrogen and oxygen atoms in total. The monoisotopic (exact) mass is 233 g/mol. The molecule has 0 saturated heterocycles. The van der Waals surface area contributed by atoms with Crippen LogP contribution in [0.5, 0.6) is 0 Å². The van der Waals surface area contributed by atoms with Gasteiger partial charge in [-0.05, 0) is 11.5 Å². The third-order valence-corrected chi connectivity index (χ3v) is 2.90. The summed E-state index contributed by atoms with van der Waals surface area (Å²) in [7, 11) is 1.55. The normalized spacial score (nSPS) is 11.9. The largest absolute Gasteiger partial charge is 0.286 e. The third kappa shape index (κ3) is 3.70. The van der Waals surface area contributed by atoms with Crippen LogP contribution < -0.4 is 0 Å². The molecular weight excluding hydrogens is 214 g/mol. The minimum atomic E-state index is -0.129. The lowest BCUT2D eigenvalue weighted by Crippen LogP contribution is -2.33. The van der Waals surface area contributed by atoms with E-state index >= 15 is 0 Å². The molecule has 0 bridgehead atoms. The fraction of sp³-hybridized carbons (Fsp3) is 0.429. The lowest BCUT2D eigenvalue weighted by atomic mass is 9.97.